The highest BCUT2D eigenvalue weighted by Crippen LogP contribution is 2.47. The highest BCUT2D eigenvalue weighted by molar-refractivity contribution is 6.30. The average molecular weight is 307 g/mol. The first-order chi connectivity index (χ1) is 9.98. The van der Waals surface area contributed by atoms with Crippen molar-refractivity contribution in [2.45, 2.75) is 57.8 Å². The molecule has 3 unspecified atom stereocenters. The number of hydrogen-bond donors (Lipinski definition) is 1. The van der Waals surface area contributed by atoms with Gasteiger partial charge in [0.05, 0.1) is 0 Å². The van der Waals surface area contributed by atoms with E-state index in [9.17, 15) is 4.79 Å². The van der Waals surface area contributed by atoms with Gasteiger partial charge < -0.3 is 4.90 Å². The quantitative estimate of drug-likeness (QED) is 0.919. The van der Waals surface area contributed by atoms with Crippen molar-refractivity contribution < 1.29 is 4.79 Å². The first kappa shape index (κ1) is 14.9. The number of benzene rings is 1. The van der Waals surface area contributed by atoms with Gasteiger partial charge in [0.15, 0.2) is 0 Å². The largest absolute Gasteiger partial charge is 0.318 e. The molecule has 1 aliphatic carbocycles. The Morgan fingerprint density at radius 2 is 1.95 bits per heavy atom. The molecule has 114 valence electrons. The molecule has 0 bridgehead atoms. The minimum atomic E-state index is -0.286. The van der Waals surface area contributed by atoms with E-state index in [-0.39, 0.29) is 23.7 Å². The minimum Gasteiger partial charge on any atom is -0.318 e. The number of carbonyl (C=O) groups is 1. The fourth-order valence-electron chi connectivity index (χ4n) is 3.16. The van der Waals surface area contributed by atoms with E-state index in [1.54, 1.807) is 0 Å². The third-order valence-corrected chi connectivity index (χ3v) is 5.43. The number of hydrogen-bond acceptors (Lipinski definition) is 2. The van der Waals surface area contributed by atoms with Crippen LogP contribution in [-0.2, 0) is 4.79 Å². The molecular formula is C17H23ClN2O. The zero-order valence-corrected chi connectivity index (χ0v) is 13.7. The predicted molar refractivity (Wildman–Crippen MR) is 85.1 cm³/mol. The Labute approximate surface area is 131 Å². The van der Waals surface area contributed by atoms with Gasteiger partial charge >= 0.3 is 0 Å². The number of amides is 1. The summed E-state index contributed by atoms with van der Waals surface area (Å²) in [7, 11) is 0. The van der Waals surface area contributed by atoms with Gasteiger partial charge in [0.25, 0.3) is 0 Å². The summed E-state index contributed by atoms with van der Waals surface area (Å²) in [6.45, 7) is 6.56. The third-order valence-electron chi connectivity index (χ3n) is 5.18. The average Bonchev–Trinajstić information content (AvgIpc) is 3.21. The van der Waals surface area contributed by atoms with Crippen LogP contribution in [0.2, 0.25) is 5.02 Å². The van der Waals surface area contributed by atoms with Gasteiger partial charge in [-0.1, -0.05) is 44.0 Å². The predicted octanol–water partition coefficient (Wildman–Crippen LogP) is 3.74. The Hall–Kier alpha value is -1.06. The summed E-state index contributed by atoms with van der Waals surface area (Å²) < 4.78 is 0. The molecule has 3 atom stereocenters. The summed E-state index contributed by atoms with van der Waals surface area (Å²) in [6.07, 6.45) is 2.96. The molecule has 2 aliphatic rings. The minimum absolute atomic E-state index is 0.0266. The Bertz CT molecular complexity index is 538. The van der Waals surface area contributed by atoms with E-state index in [2.05, 4.69) is 31.0 Å². The van der Waals surface area contributed by atoms with Crippen LogP contribution in [0.4, 0.5) is 0 Å². The lowest BCUT2D eigenvalue weighted by Gasteiger charge is -2.34. The smallest absolute Gasteiger partial charge is 0.244 e. The van der Waals surface area contributed by atoms with Crippen molar-refractivity contribution in [2.24, 2.45) is 5.92 Å². The summed E-state index contributed by atoms with van der Waals surface area (Å²) >= 11 is 5.99. The lowest BCUT2D eigenvalue weighted by atomic mass is 9.98. The summed E-state index contributed by atoms with van der Waals surface area (Å²) in [5.41, 5.74) is 0.832. The molecule has 0 radical (unpaired) electrons. The van der Waals surface area contributed by atoms with E-state index in [0.717, 1.165) is 29.8 Å². The molecule has 0 aromatic heterocycles. The third kappa shape index (κ3) is 2.47. The molecule has 1 aromatic carbocycles. The van der Waals surface area contributed by atoms with Crippen molar-refractivity contribution >= 4 is 17.5 Å². The number of halogens is 1. The summed E-state index contributed by atoms with van der Waals surface area (Å²) in [5.74, 6) is 0.759. The molecule has 2 fully saturated rings. The molecule has 1 heterocycles. The summed E-state index contributed by atoms with van der Waals surface area (Å²) in [5, 5.41) is 4.30. The normalized spacial score (nSPS) is 26.2. The van der Waals surface area contributed by atoms with E-state index in [4.69, 9.17) is 11.6 Å². The highest BCUT2D eigenvalue weighted by atomic mass is 35.5. The molecular weight excluding hydrogens is 284 g/mol. The maximum Gasteiger partial charge on any atom is 0.244 e. The van der Waals surface area contributed by atoms with Crippen LogP contribution >= 0.6 is 11.6 Å². The molecule has 21 heavy (non-hydrogen) atoms. The van der Waals surface area contributed by atoms with Crippen molar-refractivity contribution in [1.29, 1.82) is 0 Å². The molecule has 1 spiro atoms. The van der Waals surface area contributed by atoms with E-state index >= 15 is 0 Å². The number of carbonyl (C=O) groups excluding carboxylic acids is 1. The Morgan fingerprint density at radius 1 is 1.33 bits per heavy atom. The van der Waals surface area contributed by atoms with Crippen LogP contribution in [-0.4, -0.2) is 22.4 Å². The van der Waals surface area contributed by atoms with Gasteiger partial charge in [0.2, 0.25) is 5.91 Å². The van der Waals surface area contributed by atoms with Crippen LogP contribution < -0.4 is 5.32 Å². The fourth-order valence-corrected chi connectivity index (χ4v) is 3.29. The first-order valence-electron chi connectivity index (χ1n) is 7.84. The maximum atomic E-state index is 12.8. The number of rotatable bonds is 4. The maximum absolute atomic E-state index is 12.8. The number of nitrogens with zero attached hydrogens (tertiary/aromatic N) is 1. The second-order valence-electron chi connectivity index (χ2n) is 6.52. The molecule has 1 saturated heterocycles. The van der Waals surface area contributed by atoms with E-state index < -0.39 is 0 Å². The van der Waals surface area contributed by atoms with Crippen LogP contribution in [0, 0.1) is 5.92 Å². The van der Waals surface area contributed by atoms with Gasteiger partial charge in [0.1, 0.15) is 11.7 Å². The Morgan fingerprint density at radius 3 is 2.48 bits per heavy atom. The van der Waals surface area contributed by atoms with Crippen molar-refractivity contribution in [1.82, 2.24) is 10.2 Å². The monoisotopic (exact) mass is 306 g/mol. The molecule has 1 aromatic rings. The van der Waals surface area contributed by atoms with Crippen molar-refractivity contribution in [3.63, 3.8) is 0 Å². The Balaban J connectivity index is 1.93. The fraction of sp³-hybridized carbons (Fsp3) is 0.588. The molecule has 3 nitrogen and oxygen atoms in total. The molecule has 1 aliphatic heterocycles. The standard InChI is InChI=1S/C17H23ClN2O/c1-4-11(2)12(3)20-15(13-5-7-14(18)8-6-13)19-17(9-10-17)16(20)21/h5-8,11-12,15,19H,4,9-10H2,1-3H3. The highest BCUT2D eigenvalue weighted by Gasteiger charge is 2.60. The second-order valence-corrected chi connectivity index (χ2v) is 6.96. The van der Waals surface area contributed by atoms with Crippen LogP contribution in [0.5, 0.6) is 0 Å². The molecule has 1 N–H and O–H groups in total. The summed E-state index contributed by atoms with van der Waals surface area (Å²) in [6, 6.07) is 8.06. The van der Waals surface area contributed by atoms with Gasteiger partial charge in [-0.05, 0) is 43.4 Å². The van der Waals surface area contributed by atoms with Crippen molar-refractivity contribution in [3.8, 4) is 0 Å². The summed E-state index contributed by atoms with van der Waals surface area (Å²) in [4.78, 5) is 14.9. The van der Waals surface area contributed by atoms with Gasteiger partial charge in [-0.15, -0.1) is 0 Å². The van der Waals surface area contributed by atoms with Crippen molar-refractivity contribution in [2.75, 3.05) is 0 Å². The van der Waals surface area contributed by atoms with Crippen LogP contribution in [0.3, 0.4) is 0 Å². The van der Waals surface area contributed by atoms with E-state index in [1.807, 2.05) is 24.3 Å². The SMILES string of the molecule is CCC(C)C(C)N1C(=O)C2(CC2)NC1c1ccc(Cl)cc1. The van der Waals surface area contributed by atoms with Crippen LogP contribution in [0.25, 0.3) is 0 Å². The van der Waals surface area contributed by atoms with Crippen LogP contribution in [0.1, 0.15) is 51.8 Å². The second kappa shape index (κ2) is 5.29. The van der Waals surface area contributed by atoms with Crippen LogP contribution in [0.15, 0.2) is 24.3 Å². The first-order valence-corrected chi connectivity index (χ1v) is 8.22. The van der Waals surface area contributed by atoms with Gasteiger partial charge in [-0.25, -0.2) is 0 Å². The lowest BCUT2D eigenvalue weighted by Crippen LogP contribution is -2.42. The van der Waals surface area contributed by atoms with Gasteiger partial charge in [0, 0.05) is 11.1 Å². The van der Waals surface area contributed by atoms with E-state index in [0.29, 0.717) is 5.92 Å². The topological polar surface area (TPSA) is 32.3 Å². The van der Waals surface area contributed by atoms with Gasteiger partial charge in [-0.2, -0.15) is 0 Å². The zero-order valence-electron chi connectivity index (χ0n) is 12.9. The molecule has 4 heteroatoms. The van der Waals surface area contributed by atoms with Gasteiger partial charge in [-0.3, -0.25) is 10.1 Å². The lowest BCUT2D eigenvalue weighted by molar-refractivity contribution is -0.133. The Kier molecular flexibility index (Phi) is 3.74. The molecule has 1 saturated carbocycles. The zero-order chi connectivity index (χ0) is 15.2. The molecule has 1 amide bonds. The van der Waals surface area contributed by atoms with Crippen molar-refractivity contribution in [3.05, 3.63) is 34.9 Å². The molecule has 3 rings (SSSR count). The number of nitrogens with one attached hydrogen (secondary N) is 1. The van der Waals surface area contributed by atoms with E-state index in [1.165, 1.54) is 0 Å².